The van der Waals surface area contributed by atoms with Crippen LogP contribution in [0.25, 0.3) is 0 Å². The summed E-state index contributed by atoms with van der Waals surface area (Å²) in [6.45, 7) is 6.59. The molecule has 3 heterocycles. The predicted molar refractivity (Wildman–Crippen MR) is 124 cm³/mol. The number of carbonyl (C=O) groups is 2. The SMILES string of the molecule is C[C@H](Nc1nccc(N2C(=O)OCC2[C@@H](C)F)n1)c1ccc(CN2CCN(C(=O)O)CC2)cc1. The number of alkyl halides is 1. The van der Waals surface area contributed by atoms with Gasteiger partial charge in [-0.25, -0.2) is 19.0 Å². The van der Waals surface area contributed by atoms with Crippen LogP contribution in [0.5, 0.6) is 0 Å². The number of anilines is 2. The second-order valence-electron chi connectivity index (χ2n) is 8.58. The first-order valence-electron chi connectivity index (χ1n) is 11.3. The summed E-state index contributed by atoms with van der Waals surface area (Å²) >= 11 is 0. The largest absolute Gasteiger partial charge is 0.465 e. The number of benzene rings is 1. The Kier molecular flexibility index (Phi) is 7.11. The van der Waals surface area contributed by atoms with Crippen molar-refractivity contribution in [1.82, 2.24) is 19.8 Å². The van der Waals surface area contributed by atoms with Crippen molar-refractivity contribution in [2.24, 2.45) is 0 Å². The topological polar surface area (TPSA) is 111 Å². The van der Waals surface area contributed by atoms with Crippen molar-refractivity contribution in [3.8, 4) is 0 Å². The summed E-state index contributed by atoms with van der Waals surface area (Å²) in [6.07, 6.45) is -1.21. The van der Waals surface area contributed by atoms with Gasteiger partial charge in [0.1, 0.15) is 24.6 Å². The van der Waals surface area contributed by atoms with Crippen LogP contribution in [0.3, 0.4) is 0 Å². The smallest absolute Gasteiger partial charge is 0.416 e. The Labute approximate surface area is 197 Å². The lowest BCUT2D eigenvalue weighted by Crippen LogP contribution is -2.47. The summed E-state index contributed by atoms with van der Waals surface area (Å²) in [5.41, 5.74) is 2.18. The number of halogens is 1. The number of piperazine rings is 1. The number of carbonyl (C=O) groups excluding carboxylic acids is 1. The van der Waals surface area contributed by atoms with Crippen LogP contribution in [0, 0.1) is 0 Å². The van der Waals surface area contributed by atoms with E-state index in [1.807, 2.05) is 19.1 Å². The van der Waals surface area contributed by atoms with Gasteiger partial charge in [0, 0.05) is 38.9 Å². The highest BCUT2D eigenvalue weighted by atomic mass is 19.1. The molecule has 11 heteroatoms. The molecule has 0 saturated carbocycles. The van der Waals surface area contributed by atoms with Gasteiger partial charge in [-0.15, -0.1) is 0 Å². The van der Waals surface area contributed by atoms with E-state index < -0.39 is 24.4 Å². The van der Waals surface area contributed by atoms with Crippen molar-refractivity contribution in [2.75, 3.05) is 43.0 Å². The average molecular weight is 473 g/mol. The third kappa shape index (κ3) is 5.36. The molecule has 2 N–H and O–H groups in total. The van der Waals surface area contributed by atoms with Crippen LogP contribution in [0.15, 0.2) is 36.5 Å². The summed E-state index contributed by atoms with van der Waals surface area (Å²) in [4.78, 5) is 36.7. The summed E-state index contributed by atoms with van der Waals surface area (Å²) in [5, 5.41) is 12.3. The van der Waals surface area contributed by atoms with E-state index in [0.717, 1.165) is 17.7 Å². The predicted octanol–water partition coefficient (Wildman–Crippen LogP) is 3.13. The maximum atomic E-state index is 13.9. The quantitative estimate of drug-likeness (QED) is 0.632. The molecule has 2 fully saturated rings. The van der Waals surface area contributed by atoms with Crippen molar-refractivity contribution in [3.05, 3.63) is 47.7 Å². The molecule has 0 radical (unpaired) electrons. The first kappa shape index (κ1) is 23.7. The molecule has 4 rings (SSSR count). The molecule has 2 aliphatic heterocycles. The second kappa shape index (κ2) is 10.2. The van der Waals surface area contributed by atoms with Crippen LogP contribution >= 0.6 is 0 Å². The van der Waals surface area contributed by atoms with E-state index in [2.05, 4.69) is 32.3 Å². The van der Waals surface area contributed by atoms with E-state index in [9.17, 15) is 14.0 Å². The van der Waals surface area contributed by atoms with Crippen LogP contribution in [0.4, 0.5) is 25.7 Å². The van der Waals surface area contributed by atoms with Crippen molar-refractivity contribution < 1.29 is 23.8 Å². The molecule has 1 aromatic carbocycles. The summed E-state index contributed by atoms with van der Waals surface area (Å²) < 4.78 is 18.9. The molecule has 0 aliphatic carbocycles. The van der Waals surface area contributed by atoms with Crippen molar-refractivity contribution in [1.29, 1.82) is 0 Å². The van der Waals surface area contributed by atoms with E-state index in [1.165, 1.54) is 22.9 Å². The number of carboxylic acid groups (broad SMARTS) is 1. The number of amides is 2. The second-order valence-corrected chi connectivity index (χ2v) is 8.58. The Bertz CT molecular complexity index is 1010. The molecule has 1 unspecified atom stereocenters. The molecule has 2 aliphatic rings. The van der Waals surface area contributed by atoms with Crippen LogP contribution in [-0.4, -0.2) is 82.1 Å². The molecule has 34 heavy (non-hydrogen) atoms. The van der Waals surface area contributed by atoms with Crippen molar-refractivity contribution in [2.45, 2.75) is 38.6 Å². The molecule has 10 nitrogen and oxygen atoms in total. The number of nitrogens with zero attached hydrogens (tertiary/aromatic N) is 5. The zero-order chi connectivity index (χ0) is 24.2. The lowest BCUT2D eigenvalue weighted by molar-refractivity contribution is 0.103. The lowest BCUT2D eigenvalue weighted by Gasteiger charge is -2.33. The fourth-order valence-corrected chi connectivity index (χ4v) is 4.13. The van der Waals surface area contributed by atoms with Gasteiger partial charge in [0.15, 0.2) is 0 Å². The molecule has 182 valence electrons. The van der Waals surface area contributed by atoms with E-state index in [4.69, 9.17) is 9.84 Å². The van der Waals surface area contributed by atoms with Gasteiger partial charge in [0.05, 0.1) is 6.04 Å². The van der Waals surface area contributed by atoms with Gasteiger partial charge < -0.3 is 20.1 Å². The number of rotatable bonds is 7. The maximum absolute atomic E-state index is 13.9. The molecule has 3 atom stereocenters. The highest BCUT2D eigenvalue weighted by Crippen LogP contribution is 2.26. The third-order valence-electron chi connectivity index (χ3n) is 6.20. The molecule has 0 spiro atoms. The normalized spacial score (nSPS) is 20.7. The van der Waals surface area contributed by atoms with E-state index in [-0.39, 0.29) is 12.6 Å². The van der Waals surface area contributed by atoms with Gasteiger partial charge in [-0.2, -0.15) is 4.98 Å². The highest BCUT2D eigenvalue weighted by Gasteiger charge is 2.39. The van der Waals surface area contributed by atoms with Gasteiger partial charge in [0.2, 0.25) is 5.95 Å². The molecule has 2 aromatic rings. The number of hydrogen-bond donors (Lipinski definition) is 2. The highest BCUT2D eigenvalue weighted by molar-refractivity contribution is 5.89. The standard InChI is InChI=1S/C23H29FN6O4/c1-15(24)19-14-34-23(33)30(19)20-7-8-25-21(27-20)26-16(2)18-5-3-17(4-6-18)13-28-9-11-29(12-10-28)22(31)32/h3-8,15-16,19H,9-14H2,1-2H3,(H,31,32)(H,25,26,27)/t15-,16+,19?/m1/s1. The number of ether oxygens (including phenoxy) is 1. The minimum absolute atomic E-state index is 0.0126. The van der Waals surface area contributed by atoms with Crippen molar-refractivity contribution in [3.63, 3.8) is 0 Å². The van der Waals surface area contributed by atoms with Gasteiger partial charge in [-0.05, 0) is 31.0 Å². The van der Waals surface area contributed by atoms with E-state index >= 15 is 0 Å². The van der Waals surface area contributed by atoms with Gasteiger partial charge in [-0.1, -0.05) is 24.3 Å². The van der Waals surface area contributed by atoms with Crippen LogP contribution in [-0.2, 0) is 11.3 Å². The number of aromatic nitrogens is 2. The molecule has 1 aromatic heterocycles. The van der Waals surface area contributed by atoms with Crippen LogP contribution < -0.4 is 10.2 Å². The molecule has 0 bridgehead atoms. The summed E-state index contributed by atoms with van der Waals surface area (Å²) in [5.74, 6) is 0.621. The molecule has 2 saturated heterocycles. The first-order chi connectivity index (χ1) is 16.3. The van der Waals surface area contributed by atoms with Gasteiger partial charge >= 0.3 is 12.2 Å². The Morgan fingerprint density at radius 3 is 2.56 bits per heavy atom. The van der Waals surface area contributed by atoms with Gasteiger partial charge in [0.25, 0.3) is 0 Å². The zero-order valence-corrected chi connectivity index (χ0v) is 19.2. The van der Waals surface area contributed by atoms with Crippen LogP contribution in [0.1, 0.15) is 31.0 Å². The Hall–Kier alpha value is -3.47. The van der Waals surface area contributed by atoms with E-state index in [0.29, 0.717) is 37.9 Å². The maximum Gasteiger partial charge on any atom is 0.416 e. The Balaban J connectivity index is 1.36. The minimum Gasteiger partial charge on any atom is -0.465 e. The number of cyclic esters (lactones) is 1. The number of hydrogen-bond acceptors (Lipinski definition) is 7. The molecular weight excluding hydrogens is 443 g/mol. The van der Waals surface area contributed by atoms with Crippen molar-refractivity contribution >= 4 is 24.0 Å². The zero-order valence-electron chi connectivity index (χ0n) is 19.2. The minimum atomic E-state index is -1.25. The number of nitrogens with one attached hydrogen (secondary N) is 1. The monoisotopic (exact) mass is 472 g/mol. The van der Waals surface area contributed by atoms with Crippen LogP contribution in [0.2, 0.25) is 0 Å². The Morgan fingerprint density at radius 1 is 1.21 bits per heavy atom. The average Bonchev–Trinajstić information content (AvgIpc) is 3.22. The summed E-state index contributed by atoms with van der Waals surface area (Å²) in [7, 11) is 0. The fraction of sp³-hybridized carbons (Fsp3) is 0.478. The third-order valence-corrected chi connectivity index (χ3v) is 6.20. The fourth-order valence-electron chi connectivity index (χ4n) is 4.13. The van der Waals surface area contributed by atoms with Gasteiger partial charge in [-0.3, -0.25) is 9.80 Å². The lowest BCUT2D eigenvalue weighted by atomic mass is 10.1. The molecule has 2 amide bonds. The Morgan fingerprint density at radius 2 is 1.91 bits per heavy atom. The van der Waals surface area contributed by atoms with E-state index in [1.54, 1.807) is 6.07 Å². The first-order valence-corrected chi connectivity index (χ1v) is 11.3. The molecular formula is C23H29FN6O4. The summed E-state index contributed by atoms with van der Waals surface area (Å²) in [6, 6.07) is 8.91.